The van der Waals surface area contributed by atoms with Crippen LogP contribution in [0, 0.1) is 23.3 Å². The maximum absolute atomic E-state index is 13.5. The van der Waals surface area contributed by atoms with E-state index in [-0.39, 0.29) is 0 Å². The third kappa shape index (κ3) is 3.59. The summed E-state index contributed by atoms with van der Waals surface area (Å²) in [7, 11) is 0. The first-order valence-electron chi connectivity index (χ1n) is 6.39. The molecular weight excluding hydrogens is 318 g/mol. The predicted octanol–water partition coefficient (Wildman–Crippen LogP) is 2.41. The van der Waals surface area contributed by atoms with Crippen molar-refractivity contribution in [1.82, 2.24) is 5.32 Å². The predicted molar refractivity (Wildman–Crippen MR) is 71.7 cm³/mol. The van der Waals surface area contributed by atoms with Gasteiger partial charge in [-0.2, -0.15) is 0 Å². The first-order chi connectivity index (χ1) is 10.8. The van der Waals surface area contributed by atoms with Crippen molar-refractivity contribution >= 4 is 5.91 Å². The van der Waals surface area contributed by atoms with Crippen molar-refractivity contribution in [2.24, 2.45) is 0 Å². The zero-order valence-electron chi connectivity index (χ0n) is 11.5. The summed E-state index contributed by atoms with van der Waals surface area (Å²) >= 11 is 0. The molecule has 1 unspecified atom stereocenters. The molecule has 4 nitrogen and oxygen atoms in total. The van der Waals surface area contributed by atoms with Crippen LogP contribution in [0.3, 0.4) is 0 Å². The average molecular weight is 329 g/mol. The van der Waals surface area contributed by atoms with Crippen LogP contribution in [0.25, 0.3) is 0 Å². The van der Waals surface area contributed by atoms with Crippen LogP contribution in [-0.4, -0.2) is 22.7 Å². The topological polar surface area (TPSA) is 69.6 Å². The van der Waals surface area contributed by atoms with E-state index in [0.717, 1.165) is 18.2 Å². The molecular formula is C15H11F4NO3. The molecule has 0 aromatic heterocycles. The number of benzene rings is 2. The van der Waals surface area contributed by atoms with Crippen molar-refractivity contribution in [2.45, 2.75) is 6.10 Å². The van der Waals surface area contributed by atoms with E-state index in [1.165, 1.54) is 0 Å². The number of hydrogen-bond acceptors (Lipinski definition) is 3. The minimum Gasteiger partial charge on any atom is -0.507 e. The van der Waals surface area contributed by atoms with E-state index in [2.05, 4.69) is 0 Å². The highest BCUT2D eigenvalue weighted by atomic mass is 19.1. The van der Waals surface area contributed by atoms with Crippen LogP contribution in [0.4, 0.5) is 17.6 Å². The summed E-state index contributed by atoms with van der Waals surface area (Å²) in [5.41, 5.74) is -1.50. The molecule has 122 valence electrons. The second-order valence-electron chi connectivity index (χ2n) is 4.64. The van der Waals surface area contributed by atoms with Crippen molar-refractivity contribution in [3.63, 3.8) is 0 Å². The van der Waals surface area contributed by atoms with Gasteiger partial charge in [0.2, 0.25) is 0 Å². The summed E-state index contributed by atoms with van der Waals surface area (Å²) in [5, 5.41) is 21.1. The van der Waals surface area contributed by atoms with Crippen molar-refractivity contribution in [1.29, 1.82) is 0 Å². The lowest BCUT2D eigenvalue weighted by Crippen LogP contribution is -2.30. The van der Waals surface area contributed by atoms with Crippen LogP contribution < -0.4 is 5.32 Å². The molecule has 0 saturated carbocycles. The van der Waals surface area contributed by atoms with Crippen molar-refractivity contribution in [3.8, 4) is 5.75 Å². The summed E-state index contributed by atoms with van der Waals surface area (Å²) in [6.45, 7) is -0.646. The molecule has 0 aliphatic rings. The van der Waals surface area contributed by atoms with E-state index in [4.69, 9.17) is 0 Å². The number of phenolic OH excluding ortho intramolecular Hbond substituents is 1. The lowest BCUT2D eigenvalue weighted by atomic mass is 10.1. The Morgan fingerprint density at radius 3 is 2.26 bits per heavy atom. The molecule has 0 fully saturated rings. The minimum atomic E-state index is -1.73. The molecule has 2 rings (SSSR count). The average Bonchev–Trinajstić information content (AvgIpc) is 2.43. The molecule has 0 radical (unpaired) electrons. The van der Waals surface area contributed by atoms with Gasteiger partial charge in [-0.25, -0.2) is 17.6 Å². The molecule has 1 atom stereocenters. The molecule has 2 aromatic carbocycles. The summed E-state index contributed by atoms with van der Waals surface area (Å²) in [4.78, 5) is 11.8. The zero-order chi connectivity index (χ0) is 17.1. The molecule has 0 bridgehead atoms. The highest BCUT2D eigenvalue weighted by Crippen LogP contribution is 2.23. The largest absolute Gasteiger partial charge is 0.507 e. The molecule has 2 aromatic rings. The van der Waals surface area contributed by atoms with Gasteiger partial charge in [-0.3, -0.25) is 4.79 Å². The smallest absolute Gasteiger partial charge is 0.258 e. The Kier molecular flexibility index (Phi) is 4.85. The first-order valence-corrected chi connectivity index (χ1v) is 6.39. The van der Waals surface area contributed by atoms with Gasteiger partial charge in [0, 0.05) is 18.7 Å². The maximum Gasteiger partial charge on any atom is 0.258 e. The normalized spacial score (nSPS) is 12.0. The highest BCUT2D eigenvalue weighted by Gasteiger charge is 2.22. The van der Waals surface area contributed by atoms with E-state index < -0.39 is 58.7 Å². The first kappa shape index (κ1) is 16.8. The number of rotatable bonds is 4. The summed E-state index contributed by atoms with van der Waals surface area (Å²) < 4.78 is 53.3. The number of phenols is 1. The van der Waals surface area contributed by atoms with Gasteiger partial charge in [-0.1, -0.05) is 6.07 Å². The molecule has 8 heteroatoms. The van der Waals surface area contributed by atoms with E-state index in [0.29, 0.717) is 12.1 Å². The number of aromatic hydroxyl groups is 1. The van der Waals surface area contributed by atoms with Crippen molar-refractivity contribution in [3.05, 3.63) is 64.7 Å². The number of hydrogen-bond donors (Lipinski definition) is 3. The number of nitrogens with one attached hydrogen (secondary N) is 1. The van der Waals surface area contributed by atoms with Crippen LogP contribution in [0.15, 0.2) is 30.3 Å². The van der Waals surface area contributed by atoms with Gasteiger partial charge in [-0.15, -0.1) is 0 Å². The van der Waals surface area contributed by atoms with Crippen LogP contribution in [-0.2, 0) is 0 Å². The number of carbonyl (C=O) groups is 1. The zero-order valence-corrected chi connectivity index (χ0v) is 11.5. The number of amides is 1. The van der Waals surface area contributed by atoms with Gasteiger partial charge in [0.1, 0.15) is 40.7 Å². The second kappa shape index (κ2) is 6.66. The van der Waals surface area contributed by atoms with Gasteiger partial charge in [-0.05, 0) is 12.1 Å². The fraction of sp³-hybridized carbons (Fsp3) is 0.133. The Morgan fingerprint density at radius 2 is 1.70 bits per heavy atom. The Morgan fingerprint density at radius 1 is 1.09 bits per heavy atom. The van der Waals surface area contributed by atoms with E-state index in [1.54, 1.807) is 0 Å². The Bertz CT molecular complexity index is 708. The molecule has 3 N–H and O–H groups in total. The maximum atomic E-state index is 13.5. The molecule has 0 aliphatic heterocycles. The van der Waals surface area contributed by atoms with Crippen LogP contribution in [0.5, 0.6) is 5.75 Å². The minimum absolute atomic E-state index is 0.390. The fourth-order valence-electron chi connectivity index (χ4n) is 1.99. The molecule has 1 amide bonds. The molecule has 0 spiro atoms. The Hall–Kier alpha value is -2.61. The van der Waals surface area contributed by atoms with Gasteiger partial charge < -0.3 is 15.5 Å². The summed E-state index contributed by atoms with van der Waals surface area (Å²) in [6, 6.07) is 3.88. The molecule has 23 heavy (non-hydrogen) atoms. The lowest BCUT2D eigenvalue weighted by molar-refractivity contribution is 0.0904. The third-order valence-corrected chi connectivity index (χ3v) is 3.05. The number of aliphatic hydroxyl groups is 1. The quantitative estimate of drug-likeness (QED) is 0.755. The van der Waals surface area contributed by atoms with E-state index in [9.17, 15) is 32.6 Å². The van der Waals surface area contributed by atoms with Crippen molar-refractivity contribution in [2.75, 3.05) is 6.54 Å². The Labute approximate surface area is 128 Å². The SMILES string of the molecule is O=C(NCC(O)c1c(F)cccc1F)c1c(O)cc(F)cc1F. The van der Waals surface area contributed by atoms with E-state index in [1.807, 2.05) is 5.32 Å². The van der Waals surface area contributed by atoms with Gasteiger partial charge in [0.25, 0.3) is 5.91 Å². The third-order valence-electron chi connectivity index (χ3n) is 3.05. The lowest BCUT2D eigenvalue weighted by Gasteiger charge is -2.14. The summed E-state index contributed by atoms with van der Waals surface area (Å²) in [5.74, 6) is -6.52. The standard InChI is InChI=1S/C15H11F4NO3/c16-7-4-10(19)14(11(21)5-7)15(23)20-6-12(22)13-8(17)2-1-3-9(13)18/h1-5,12,21-22H,6H2,(H,20,23). The van der Waals surface area contributed by atoms with Crippen LogP contribution >= 0.6 is 0 Å². The van der Waals surface area contributed by atoms with Crippen LogP contribution in [0.2, 0.25) is 0 Å². The number of carbonyl (C=O) groups excluding carboxylic acids is 1. The number of halogens is 4. The van der Waals surface area contributed by atoms with E-state index >= 15 is 0 Å². The summed E-state index contributed by atoms with van der Waals surface area (Å²) in [6.07, 6.45) is -1.73. The van der Waals surface area contributed by atoms with Gasteiger partial charge in [0.05, 0.1) is 5.56 Å². The fourth-order valence-corrected chi connectivity index (χ4v) is 1.99. The monoisotopic (exact) mass is 329 g/mol. The van der Waals surface area contributed by atoms with Gasteiger partial charge in [0.15, 0.2) is 0 Å². The number of aliphatic hydroxyl groups excluding tert-OH is 1. The molecule has 0 heterocycles. The second-order valence-corrected chi connectivity index (χ2v) is 4.64. The highest BCUT2D eigenvalue weighted by molar-refractivity contribution is 5.97. The van der Waals surface area contributed by atoms with Crippen molar-refractivity contribution < 1.29 is 32.6 Å². The Balaban J connectivity index is 2.14. The van der Waals surface area contributed by atoms with Crippen LogP contribution in [0.1, 0.15) is 22.0 Å². The van der Waals surface area contributed by atoms with Gasteiger partial charge >= 0.3 is 0 Å². The molecule has 0 aliphatic carbocycles. The molecule has 0 saturated heterocycles.